The van der Waals surface area contributed by atoms with Crippen LogP contribution in [0.1, 0.15) is 30.0 Å². The second kappa shape index (κ2) is 5.62. The largest absolute Gasteiger partial charge is 0.458 e. The number of carbonyl (C=O) groups is 1. The second-order valence-electron chi connectivity index (χ2n) is 6.96. The number of nitrogens with zero attached hydrogens (tertiary/aromatic N) is 2. The summed E-state index contributed by atoms with van der Waals surface area (Å²) in [5, 5.41) is 11.5. The number of carbonyl (C=O) groups excluding carboxylic acids is 1. The van der Waals surface area contributed by atoms with E-state index in [0.29, 0.717) is 26.8 Å². The van der Waals surface area contributed by atoms with Gasteiger partial charge in [-0.15, -0.1) is 0 Å². The third-order valence-electron chi connectivity index (χ3n) is 5.52. The Morgan fingerprint density at radius 2 is 2.14 bits per heavy atom. The van der Waals surface area contributed by atoms with E-state index < -0.39 is 11.6 Å². The summed E-state index contributed by atoms with van der Waals surface area (Å²) < 4.78 is 6.99. The molecule has 2 aliphatic rings. The number of nitrogens with one attached hydrogen (secondary N) is 1. The summed E-state index contributed by atoms with van der Waals surface area (Å²) >= 11 is 3.28. The predicted molar refractivity (Wildman–Crippen MR) is 103 cm³/mol. The maximum Gasteiger partial charge on any atom is 0.343 e. The van der Waals surface area contributed by atoms with E-state index in [1.165, 1.54) is 6.20 Å². The van der Waals surface area contributed by atoms with E-state index in [9.17, 15) is 19.5 Å². The highest BCUT2D eigenvalue weighted by Crippen LogP contribution is 2.38. The maximum atomic E-state index is 13.1. The monoisotopic (exact) mass is 443 g/mol. The molecule has 8 nitrogen and oxygen atoms in total. The van der Waals surface area contributed by atoms with Gasteiger partial charge < -0.3 is 19.4 Å². The number of hydrogen-bond donors (Lipinski definition) is 2. The quantitative estimate of drug-likeness (QED) is 0.431. The minimum atomic E-state index is -1.85. The number of hydrogen-bond acceptors (Lipinski definition) is 6. The van der Waals surface area contributed by atoms with Crippen LogP contribution in [0.2, 0.25) is 0 Å². The summed E-state index contributed by atoms with van der Waals surface area (Å²) in [7, 11) is 0. The molecular weight excluding hydrogens is 430 g/mol. The molecule has 0 amide bonds. The van der Waals surface area contributed by atoms with E-state index in [4.69, 9.17) is 4.74 Å². The van der Waals surface area contributed by atoms with Gasteiger partial charge >= 0.3 is 5.97 Å². The van der Waals surface area contributed by atoms with Crippen molar-refractivity contribution in [2.24, 2.45) is 0 Å². The smallest absolute Gasteiger partial charge is 0.343 e. The van der Waals surface area contributed by atoms with Gasteiger partial charge in [0.25, 0.3) is 11.1 Å². The van der Waals surface area contributed by atoms with Crippen LogP contribution in [0.25, 0.3) is 22.3 Å². The van der Waals surface area contributed by atoms with Crippen LogP contribution in [0.3, 0.4) is 0 Å². The lowest BCUT2D eigenvalue weighted by Gasteiger charge is -2.31. The molecule has 0 spiro atoms. The molecule has 28 heavy (non-hydrogen) atoms. The van der Waals surface area contributed by atoms with E-state index in [2.05, 4.69) is 25.9 Å². The third kappa shape index (κ3) is 2.08. The summed E-state index contributed by atoms with van der Waals surface area (Å²) in [5.74, 6) is -0.752. The molecule has 0 aliphatic carbocycles. The summed E-state index contributed by atoms with van der Waals surface area (Å²) in [5.41, 5.74) is 0.593. The number of aromatic nitrogens is 3. The molecule has 2 N–H and O–H groups in total. The van der Waals surface area contributed by atoms with Crippen molar-refractivity contribution >= 4 is 32.8 Å². The lowest BCUT2D eigenvalue weighted by Crippen LogP contribution is -2.44. The summed E-state index contributed by atoms with van der Waals surface area (Å²) in [6.45, 7) is 1.79. The van der Waals surface area contributed by atoms with Crippen molar-refractivity contribution in [2.45, 2.75) is 32.1 Å². The number of cyclic esters (lactones) is 1. The van der Waals surface area contributed by atoms with E-state index in [0.717, 1.165) is 5.56 Å². The number of H-pyrrole nitrogens is 1. The zero-order valence-corrected chi connectivity index (χ0v) is 16.3. The summed E-state index contributed by atoms with van der Waals surface area (Å²) in [6, 6.07) is 3.49. The Hall–Kier alpha value is -2.78. The Labute approximate surface area is 165 Å². The first kappa shape index (κ1) is 17.3. The van der Waals surface area contributed by atoms with Crippen LogP contribution < -0.4 is 11.1 Å². The van der Waals surface area contributed by atoms with Crippen molar-refractivity contribution in [1.29, 1.82) is 0 Å². The van der Waals surface area contributed by atoms with Gasteiger partial charge in [0.2, 0.25) is 0 Å². The number of rotatable bonds is 1. The van der Waals surface area contributed by atoms with Crippen LogP contribution >= 0.6 is 15.9 Å². The van der Waals surface area contributed by atoms with E-state index in [1.54, 1.807) is 17.6 Å². The molecule has 5 heterocycles. The molecule has 0 saturated carbocycles. The Morgan fingerprint density at radius 3 is 2.89 bits per heavy atom. The molecule has 0 bridgehead atoms. The Bertz CT molecular complexity index is 1330. The van der Waals surface area contributed by atoms with Crippen LogP contribution in [0, 0.1) is 0 Å². The molecule has 0 saturated heterocycles. The minimum absolute atomic E-state index is 0.0912. The predicted octanol–water partition coefficient (Wildman–Crippen LogP) is 1.53. The van der Waals surface area contributed by atoms with Crippen LogP contribution in [0.15, 0.2) is 32.4 Å². The van der Waals surface area contributed by atoms with Gasteiger partial charge in [0, 0.05) is 22.7 Å². The van der Waals surface area contributed by atoms with Crippen LogP contribution in [-0.2, 0) is 28.3 Å². The molecule has 5 rings (SSSR count). The zero-order chi connectivity index (χ0) is 19.8. The molecule has 0 aromatic carbocycles. The average Bonchev–Trinajstić information content (AvgIpc) is 3.05. The fourth-order valence-corrected chi connectivity index (χ4v) is 4.37. The first-order valence-electron chi connectivity index (χ1n) is 8.73. The van der Waals surface area contributed by atoms with E-state index >= 15 is 0 Å². The first-order valence-corrected chi connectivity index (χ1v) is 9.52. The van der Waals surface area contributed by atoms with Crippen LogP contribution in [0.4, 0.5) is 0 Å². The highest BCUT2D eigenvalue weighted by Gasteiger charge is 2.45. The van der Waals surface area contributed by atoms with Gasteiger partial charge in [-0.05, 0) is 34.5 Å². The molecule has 2 aliphatic heterocycles. The van der Waals surface area contributed by atoms with Crippen molar-refractivity contribution in [3.63, 3.8) is 0 Å². The third-order valence-corrected chi connectivity index (χ3v) is 6.31. The number of aromatic amines is 1. The summed E-state index contributed by atoms with van der Waals surface area (Å²) in [6.07, 6.45) is 1.61. The van der Waals surface area contributed by atoms with Gasteiger partial charge in [-0.2, -0.15) is 0 Å². The molecular formula is C19H14BrN3O5. The molecule has 0 unspecified atom stereocenters. The highest BCUT2D eigenvalue weighted by atomic mass is 79.9. The fraction of sp³-hybridized carbons (Fsp3) is 0.263. The van der Waals surface area contributed by atoms with Crippen LogP contribution in [-0.4, -0.2) is 25.6 Å². The van der Waals surface area contributed by atoms with Gasteiger partial charge in [0.05, 0.1) is 33.5 Å². The topological polar surface area (TPSA) is 114 Å². The van der Waals surface area contributed by atoms with Crippen molar-refractivity contribution < 1.29 is 14.6 Å². The van der Waals surface area contributed by atoms with E-state index in [1.807, 2.05) is 6.07 Å². The molecule has 0 radical (unpaired) electrons. The van der Waals surface area contributed by atoms with Gasteiger partial charge in [-0.3, -0.25) is 9.59 Å². The number of aliphatic hydroxyl groups is 1. The normalized spacial score (nSPS) is 19.9. The molecule has 9 heteroatoms. The SMILES string of the molecule is CC[C@@]1(O)C(=O)OCc2c1cc1n(c2=O)Cc2cc3c(Br)c(=O)[nH]cc3nc2-1. The number of ether oxygens (including phenoxy) is 1. The van der Waals surface area contributed by atoms with Gasteiger partial charge in [0.15, 0.2) is 5.60 Å². The Kier molecular flexibility index (Phi) is 3.48. The van der Waals surface area contributed by atoms with Gasteiger partial charge in [-0.25, -0.2) is 9.78 Å². The van der Waals surface area contributed by atoms with Crippen molar-refractivity contribution in [3.8, 4) is 11.4 Å². The molecule has 3 aromatic heterocycles. The summed E-state index contributed by atoms with van der Waals surface area (Å²) in [4.78, 5) is 44.3. The number of esters is 1. The zero-order valence-electron chi connectivity index (χ0n) is 14.7. The fourth-order valence-electron chi connectivity index (χ4n) is 3.94. The molecule has 0 fully saturated rings. The molecule has 142 valence electrons. The van der Waals surface area contributed by atoms with Crippen molar-refractivity contribution in [2.75, 3.05) is 0 Å². The highest BCUT2D eigenvalue weighted by molar-refractivity contribution is 9.10. The van der Waals surface area contributed by atoms with Gasteiger partial charge in [-0.1, -0.05) is 6.92 Å². The number of pyridine rings is 3. The first-order chi connectivity index (χ1) is 13.3. The Morgan fingerprint density at radius 1 is 1.36 bits per heavy atom. The average molecular weight is 444 g/mol. The van der Waals surface area contributed by atoms with Gasteiger partial charge in [0.1, 0.15) is 6.61 Å². The lowest BCUT2D eigenvalue weighted by atomic mass is 9.86. The second-order valence-corrected chi connectivity index (χ2v) is 7.76. The molecule has 3 aromatic rings. The number of halogens is 1. The standard InChI is InChI=1S/C19H14BrN3O5/c1-2-19(27)11-4-13-15-8(3-9-12(22-15)5-21-16(24)14(9)20)6-23(13)17(25)10(11)7-28-18(19)26/h3-5,27H,2,6-7H2,1H3,(H,21,24)/t19-/m0/s1. The Balaban J connectivity index is 1.81. The van der Waals surface area contributed by atoms with Crippen LogP contribution in [0.5, 0.6) is 0 Å². The maximum absolute atomic E-state index is 13.1. The van der Waals surface area contributed by atoms with E-state index in [-0.39, 0.29) is 41.8 Å². The van der Waals surface area contributed by atoms with Crippen molar-refractivity contribution in [1.82, 2.24) is 14.5 Å². The minimum Gasteiger partial charge on any atom is -0.458 e. The number of fused-ring (bicyclic) bond motifs is 5. The molecule has 1 atom stereocenters. The lowest BCUT2D eigenvalue weighted by molar-refractivity contribution is -0.172. The van der Waals surface area contributed by atoms with Crippen molar-refractivity contribution in [3.05, 3.63) is 60.2 Å².